The number of fused-ring (bicyclic) bond motifs is 1. The summed E-state index contributed by atoms with van der Waals surface area (Å²) in [5.74, 6) is 0.956. The van der Waals surface area contributed by atoms with Gasteiger partial charge in [0.05, 0.1) is 7.11 Å². The third-order valence-electron chi connectivity index (χ3n) is 6.72. The van der Waals surface area contributed by atoms with Crippen LogP contribution in [0.4, 0.5) is 0 Å². The number of rotatable bonds is 9. The molecule has 0 saturated heterocycles. The van der Waals surface area contributed by atoms with Crippen LogP contribution in [0.1, 0.15) is 40.7 Å². The molecule has 33 heavy (non-hydrogen) atoms. The highest BCUT2D eigenvalue weighted by atomic mass is 16.5. The molecule has 4 rings (SSSR count). The third-order valence-corrected chi connectivity index (χ3v) is 6.72. The minimum atomic E-state index is 0.00211. The molecule has 0 spiro atoms. The van der Waals surface area contributed by atoms with Gasteiger partial charge in [-0.25, -0.2) is 0 Å². The third kappa shape index (κ3) is 6.02. The molecule has 3 aromatic carbocycles. The number of ether oxygens (including phenoxy) is 1. The molecule has 1 atom stereocenters. The first kappa shape index (κ1) is 23.1. The Balaban J connectivity index is 1.17. The second-order valence-electron chi connectivity index (χ2n) is 8.92. The van der Waals surface area contributed by atoms with Gasteiger partial charge < -0.3 is 15.0 Å². The van der Waals surface area contributed by atoms with E-state index in [2.05, 4.69) is 47.6 Å². The number of benzene rings is 3. The zero-order valence-electron chi connectivity index (χ0n) is 19.7. The van der Waals surface area contributed by atoms with Crippen LogP contribution >= 0.6 is 0 Å². The predicted octanol–water partition coefficient (Wildman–Crippen LogP) is 5.36. The largest absolute Gasteiger partial charge is 0.497 e. The van der Waals surface area contributed by atoms with E-state index in [9.17, 15) is 4.79 Å². The van der Waals surface area contributed by atoms with Crippen molar-refractivity contribution in [3.05, 3.63) is 89.5 Å². The van der Waals surface area contributed by atoms with E-state index in [0.717, 1.165) is 49.1 Å². The van der Waals surface area contributed by atoms with Gasteiger partial charge >= 0.3 is 0 Å². The molecule has 0 heterocycles. The number of methoxy groups -OCH3 is 1. The topological polar surface area (TPSA) is 41.6 Å². The van der Waals surface area contributed by atoms with Gasteiger partial charge in [0, 0.05) is 18.2 Å². The minimum absolute atomic E-state index is 0.00211. The Morgan fingerprint density at radius 2 is 1.73 bits per heavy atom. The summed E-state index contributed by atoms with van der Waals surface area (Å²) in [5.41, 5.74) is 5.88. The van der Waals surface area contributed by atoms with E-state index in [4.69, 9.17) is 4.74 Å². The van der Waals surface area contributed by atoms with Gasteiger partial charge in [0.25, 0.3) is 5.91 Å². The quantitative estimate of drug-likeness (QED) is 0.454. The van der Waals surface area contributed by atoms with E-state index < -0.39 is 0 Å². The molecular weight excluding hydrogens is 408 g/mol. The van der Waals surface area contributed by atoms with Crippen molar-refractivity contribution < 1.29 is 9.53 Å². The van der Waals surface area contributed by atoms with E-state index in [-0.39, 0.29) is 5.91 Å². The monoisotopic (exact) mass is 442 g/mol. The number of carbonyl (C=O) groups excluding carboxylic acids is 1. The van der Waals surface area contributed by atoms with Gasteiger partial charge in [-0.05, 0) is 92.2 Å². The molecule has 1 unspecified atom stereocenters. The van der Waals surface area contributed by atoms with Crippen LogP contribution in [0.2, 0.25) is 0 Å². The first-order valence-corrected chi connectivity index (χ1v) is 11.9. The molecule has 4 heteroatoms. The van der Waals surface area contributed by atoms with Gasteiger partial charge in [0.1, 0.15) is 5.75 Å². The highest BCUT2D eigenvalue weighted by Gasteiger charge is 2.22. The average molecular weight is 443 g/mol. The van der Waals surface area contributed by atoms with Crippen LogP contribution in [-0.4, -0.2) is 44.1 Å². The standard InChI is InChI=1S/C29H34N2O2/c1-31(27-16-14-26-21-28(33-2)17-15-25(26)20-27)19-7-6-18-30-29(32)24-12-10-23(11-13-24)22-8-4-3-5-9-22/h3-5,8-13,15,17,21,27H,6-7,14,16,18-20H2,1-2H3,(H,30,32). The zero-order chi connectivity index (χ0) is 23.0. The van der Waals surface area contributed by atoms with Crippen molar-refractivity contribution in [1.82, 2.24) is 10.2 Å². The van der Waals surface area contributed by atoms with Crippen LogP contribution < -0.4 is 10.1 Å². The highest BCUT2D eigenvalue weighted by molar-refractivity contribution is 5.94. The fourth-order valence-corrected chi connectivity index (χ4v) is 4.63. The Morgan fingerprint density at radius 1 is 0.970 bits per heavy atom. The molecule has 0 aromatic heterocycles. The van der Waals surface area contributed by atoms with Crippen molar-refractivity contribution in [2.75, 3.05) is 27.2 Å². The summed E-state index contributed by atoms with van der Waals surface area (Å²) in [5, 5.41) is 3.07. The Hall–Kier alpha value is -3.11. The van der Waals surface area contributed by atoms with Crippen LogP contribution in [0.5, 0.6) is 5.75 Å². The number of nitrogens with zero attached hydrogens (tertiary/aromatic N) is 1. The summed E-state index contributed by atoms with van der Waals surface area (Å²) in [7, 11) is 3.96. The molecule has 1 aliphatic rings. The van der Waals surface area contributed by atoms with Crippen LogP contribution in [0.3, 0.4) is 0 Å². The summed E-state index contributed by atoms with van der Waals surface area (Å²) < 4.78 is 5.36. The van der Waals surface area contributed by atoms with Gasteiger partial charge in [-0.3, -0.25) is 4.79 Å². The summed E-state index contributed by atoms with van der Waals surface area (Å²) in [6.07, 6.45) is 5.47. The van der Waals surface area contributed by atoms with E-state index in [1.54, 1.807) is 7.11 Å². The highest BCUT2D eigenvalue weighted by Crippen LogP contribution is 2.27. The number of hydrogen-bond donors (Lipinski definition) is 1. The van der Waals surface area contributed by atoms with E-state index >= 15 is 0 Å². The van der Waals surface area contributed by atoms with Crippen LogP contribution in [0, 0.1) is 0 Å². The molecule has 4 nitrogen and oxygen atoms in total. The van der Waals surface area contributed by atoms with Crippen LogP contribution in [-0.2, 0) is 12.8 Å². The molecule has 3 aromatic rings. The number of aryl methyl sites for hydroxylation is 1. The molecule has 0 fully saturated rings. The Morgan fingerprint density at radius 3 is 2.48 bits per heavy atom. The maximum atomic E-state index is 12.5. The lowest BCUT2D eigenvalue weighted by Crippen LogP contribution is -2.37. The predicted molar refractivity (Wildman–Crippen MR) is 135 cm³/mol. The summed E-state index contributed by atoms with van der Waals surface area (Å²) in [4.78, 5) is 15.0. The van der Waals surface area contributed by atoms with Crippen molar-refractivity contribution in [3.8, 4) is 16.9 Å². The Kier molecular flexibility index (Phi) is 7.79. The summed E-state index contributed by atoms with van der Waals surface area (Å²) >= 11 is 0. The van der Waals surface area contributed by atoms with Crippen molar-refractivity contribution in [3.63, 3.8) is 0 Å². The molecule has 1 amide bonds. The smallest absolute Gasteiger partial charge is 0.251 e. The number of hydrogen-bond acceptors (Lipinski definition) is 3. The molecule has 1 aliphatic carbocycles. The minimum Gasteiger partial charge on any atom is -0.497 e. The maximum Gasteiger partial charge on any atom is 0.251 e. The number of nitrogens with one attached hydrogen (secondary N) is 1. The van der Waals surface area contributed by atoms with Crippen LogP contribution in [0.25, 0.3) is 11.1 Å². The van der Waals surface area contributed by atoms with Gasteiger partial charge in [-0.1, -0.05) is 48.5 Å². The molecule has 0 bridgehead atoms. The van der Waals surface area contributed by atoms with E-state index in [1.807, 2.05) is 42.5 Å². The molecule has 0 aliphatic heterocycles. The molecule has 0 radical (unpaired) electrons. The first-order valence-electron chi connectivity index (χ1n) is 11.9. The second kappa shape index (κ2) is 11.2. The first-order chi connectivity index (χ1) is 16.1. The average Bonchev–Trinajstić information content (AvgIpc) is 2.88. The van der Waals surface area contributed by atoms with Crippen molar-refractivity contribution in [2.24, 2.45) is 0 Å². The summed E-state index contributed by atoms with van der Waals surface area (Å²) in [6, 6.07) is 25.1. The molecular formula is C29H34N2O2. The van der Waals surface area contributed by atoms with Crippen molar-refractivity contribution in [1.29, 1.82) is 0 Å². The Bertz CT molecular complexity index is 1050. The zero-order valence-corrected chi connectivity index (χ0v) is 19.7. The lowest BCUT2D eigenvalue weighted by Gasteiger charge is -2.32. The SMILES string of the molecule is COc1ccc2c(c1)CCC(N(C)CCCCNC(=O)c1ccc(-c3ccccc3)cc1)C2. The van der Waals surface area contributed by atoms with Crippen molar-refractivity contribution >= 4 is 5.91 Å². The Labute approximate surface area is 197 Å². The van der Waals surface area contributed by atoms with Crippen molar-refractivity contribution in [2.45, 2.75) is 38.1 Å². The lowest BCUT2D eigenvalue weighted by atomic mass is 9.87. The second-order valence-corrected chi connectivity index (χ2v) is 8.92. The van der Waals surface area contributed by atoms with Gasteiger partial charge in [0.2, 0.25) is 0 Å². The fourth-order valence-electron chi connectivity index (χ4n) is 4.63. The number of unbranched alkanes of at least 4 members (excludes halogenated alkanes) is 1. The normalized spacial score (nSPS) is 15.2. The maximum absolute atomic E-state index is 12.5. The van der Waals surface area contributed by atoms with Gasteiger partial charge in [0.15, 0.2) is 0 Å². The molecule has 0 saturated carbocycles. The molecule has 1 N–H and O–H groups in total. The molecule has 172 valence electrons. The number of carbonyl (C=O) groups is 1. The van der Waals surface area contributed by atoms with E-state index in [1.165, 1.54) is 17.5 Å². The lowest BCUT2D eigenvalue weighted by molar-refractivity contribution is 0.0952. The number of likely N-dealkylation sites (N-methyl/N-ethyl adjacent to an activating group) is 1. The van der Waals surface area contributed by atoms with Crippen LogP contribution in [0.15, 0.2) is 72.8 Å². The van der Waals surface area contributed by atoms with E-state index in [0.29, 0.717) is 18.2 Å². The number of amides is 1. The summed E-state index contributed by atoms with van der Waals surface area (Å²) in [6.45, 7) is 1.76. The fraction of sp³-hybridized carbons (Fsp3) is 0.345. The van der Waals surface area contributed by atoms with Gasteiger partial charge in [-0.2, -0.15) is 0 Å². The van der Waals surface area contributed by atoms with Gasteiger partial charge in [-0.15, -0.1) is 0 Å².